The molecule has 0 spiro atoms. The number of methoxy groups -OCH3 is 1. The van der Waals surface area contributed by atoms with E-state index in [-0.39, 0.29) is 35.8 Å². The molecule has 2 aliphatic rings. The second-order valence-corrected chi connectivity index (χ2v) is 9.01. The smallest absolute Gasteiger partial charge is 0.215 e. The van der Waals surface area contributed by atoms with E-state index in [0.29, 0.717) is 45.4 Å². The van der Waals surface area contributed by atoms with Crippen molar-refractivity contribution >= 4 is 51.7 Å². The van der Waals surface area contributed by atoms with Crippen LogP contribution in [0.5, 0.6) is 0 Å². The Morgan fingerprint density at radius 2 is 2.08 bits per heavy atom. The van der Waals surface area contributed by atoms with Crippen molar-refractivity contribution in [1.82, 2.24) is 14.5 Å². The number of thioether (sulfide) groups is 1. The Kier molecular flexibility index (Phi) is 11.0. The Balaban J connectivity index is 0.00000312. The summed E-state index contributed by atoms with van der Waals surface area (Å²) in [5.41, 5.74) is 0. The molecule has 0 aromatic carbocycles. The van der Waals surface area contributed by atoms with Gasteiger partial charge >= 0.3 is 0 Å². The van der Waals surface area contributed by atoms with Crippen molar-refractivity contribution in [1.29, 1.82) is 0 Å². The fourth-order valence-corrected chi connectivity index (χ4v) is 5.27. The lowest BCUT2D eigenvalue weighted by atomic mass is 10.3. The normalized spacial score (nSPS) is 23.2. The molecule has 0 aromatic rings. The molecular formula is C14H29IN4O4S2. The Labute approximate surface area is 172 Å². The second kappa shape index (κ2) is 11.8. The summed E-state index contributed by atoms with van der Waals surface area (Å²) in [6, 6.07) is 0. The third-order valence-corrected chi connectivity index (χ3v) is 6.82. The minimum Gasteiger partial charge on any atom is -0.382 e. The molecule has 1 N–H and O–H groups in total. The average Bonchev–Trinajstić information content (AvgIpc) is 2.60. The zero-order valence-corrected chi connectivity index (χ0v) is 18.8. The molecule has 0 aromatic heterocycles. The molecule has 1 atom stereocenters. The number of hydrogen-bond acceptors (Lipinski definition) is 6. The van der Waals surface area contributed by atoms with Gasteiger partial charge in [-0.15, -0.1) is 24.0 Å². The van der Waals surface area contributed by atoms with Crippen LogP contribution in [-0.4, -0.2) is 107 Å². The highest BCUT2D eigenvalue weighted by molar-refractivity contribution is 14.0. The third kappa shape index (κ3) is 7.37. The van der Waals surface area contributed by atoms with E-state index >= 15 is 0 Å². The third-order valence-electron chi connectivity index (χ3n) is 4.01. The maximum Gasteiger partial charge on any atom is 0.215 e. The molecule has 2 saturated heterocycles. The predicted octanol–water partition coefficient (Wildman–Crippen LogP) is -0.0944. The Morgan fingerprint density at radius 1 is 1.36 bits per heavy atom. The van der Waals surface area contributed by atoms with E-state index in [4.69, 9.17) is 9.47 Å². The number of ether oxygens (including phenoxy) is 2. The summed E-state index contributed by atoms with van der Waals surface area (Å²) in [5, 5.41) is 3.17. The first-order chi connectivity index (χ1) is 11.6. The van der Waals surface area contributed by atoms with Crippen LogP contribution in [0.15, 0.2) is 4.99 Å². The van der Waals surface area contributed by atoms with Gasteiger partial charge in [-0.25, -0.2) is 12.7 Å². The highest BCUT2D eigenvalue weighted by Gasteiger charge is 2.25. The molecule has 8 nitrogen and oxygen atoms in total. The van der Waals surface area contributed by atoms with Crippen LogP contribution >= 0.6 is 35.7 Å². The van der Waals surface area contributed by atoms with Gasteiger partial charge in [-0.2, -0.15) is 11.8 Å². The number of hydrogen-bond donors (Lipinski definition) is 1. The SMILES string of the molecule is CN=C(NCCS(=O)(=O)N1CCSCC1)N1CCOC(COC)C1.I. The van der Waals surface area contributed by atoms with Gasteiger partial charge in [0.05, 0.1) is 25.1 Å². The van der Waals surface area contributed by atoms with Gasteiger partial charge in [0.25, 0.3) is 0 Å². The van der Waals surface area contributed by atoms with Crippen LogP contribution in [0, 0.1) is 0 Å². The average molecular weight is 508 g/mol. The molecule has 0 saturated carbocycles. The standard InChI is InChI=1S/C14H28N4O4S2.HI/c1-15-14(17-4-7-22-13(11-17)12-21-2)16-3-10-24(19,20)18-5-8-23-9-6-18;/h13H,3-12H2,1-2H3,(H,15,16);1H. The summed E-state index contributed by atoms with van der Waals surface area (Å²) in [6.07, 6.45) is 0.0110. The number of rotatable bonds is 6. The van der Waals surface area contributed by atoms with Crippen LogP contribution in [0.2, 0.25) is 0 Å². The Hall–Kier alpha value is 0.180. The van der Waals surface area contributed by atoms with E-state index < -0.39 is 10.0 Å². The van der Waals surface area contributed by atoms with Gasteiger partial charge in [0.15, 0.2) is 5.96 Å². The van der Waals surface area contributed by atoms with Crippen molar-refractivity contribution in [2.45, 2.75) is 6.10 Å². The van der Waals surface area contributed by atoms with Crippen molar-refractivity contribution < 1.29 is 17.9 Å². The Bertz CT molecular complexity index is 513. The number of guanidine groups is 1. The lowest BCUT2D eigenvalue weighted by molar-refractivity contribution is -0.0447. The number of nitrogens with one attached hydrogen (secondary N) is 1. The van der Waals surface area contributed by atoms with Crippen LogP contribution < -0.4 is 5.32 Å². The highest BCUT2D eigenvalue weighted by atomic mass is 127. The van der Waals surface area contributed by atoms with E-state index in [2.05, 4.69) is 15.2 Å². The molecule has 0 radical (unpaired) electrons. The molecule has 2 rings (SSSR count). The zero-order chi connectivity index (χ0) is 17.4. The lowest BCUT2D eigenvalue weighted by Crippen LogP contribution is -2.52. The quantitative estimate of drug-likeness (QED) is 0.305. The molecule has 2 aliphatic heterocycles. The van der Waals surface area contributed by atoms with Crippen molar-refractivity contribution in [2.75, 3.05) is 77.4 Å². The molecule has 25 heavy (non-hydrogen) atoms. The first kappa shape index (κ1) is 23.2. The van der Waals surface area contributed by atoms with Gasteiger partial charge in [0, 0.05) is 58.4 Å². The van der Waals surface area contributed by atoms with E-state index in [1.165, 1.54) is 0 Å². The van der Waals surface area contributed by atoms with E-state index in [1.54, 1.807) is 30.2 Å². The van der Waals surface area contributed by atoms with Gasteiger partial charge in [0.1, 0.15) is 0 Å². The molecule has 2 fully saturated rings. The fourth-order valence-electron chi connectivity index (χ4n) is 2.78. The zero-order valence-electron chi connectivity index (χ0n) is 14.8. The molecular weight excluding hydrogens is 479 g/mol. The number of halogens is 1. The van der Waals surface area contributed by atoms with Crippen molar-refractivity contribution in [3.63, 3.8) is 0 Å². The van der Waals surface area contributed by atoms with Crippen molar-refractivity contribution in [3.05, 3.63) is 0 Å². The predicted molar refractivity (Wildman–Crippen MR) is 113 cm³/mol. The van der Waals surface area contributed by atoms with Gasteiger partial charge in [-0.3, -0.25) is 4.99 Å². The van der Waals surface area contributed by atoms with Gasteiger partial charge in [0.2, 0.25) is 10.0 Å². The van der Waals surface area contributed by atoms with Crippen LogP contribution in [0.25, 0.3) is 0 Å². The molecule has 0 amide bonds. The summed E-state index contributed by atoms with van der Waals surface area (Å²) in [5.74, 6) is 2.55. The topological polar surface area (TPSA) is 83.5 Å². The number of sulfonamides is 1. The van der Waals surface area contributed by atoms with Gasteiger partial charge in [-0.05, 0) is 0 Å². The fraction of sp³-hybridized carbons (Fsp3) is 0.929. The number of morpholine rings is 1. The second-order valence-electron chi connectivity index (χ2n) is 5.70. The largest absolute Gasteiger partial charge is 0.382 e. The summed E-state index contributed by atoms with van der Waals surface area (Å²) in [7, 11) is 0.162. The van der Waals surface area contributed by atoms with Gasteiger partial charge < -0.3 is 19.7 Å². The summed E-state index contributed by atoms with van der Waals surface area (Å²) in [4.78, 5) is 6.34. The van der Waals surface area contributed by atoms with E-state index in [1.807, 2.05) is 0 Å². The van der Waals surface area contributed by atoms with Gasteiger partial charge in [-0.1, -0.05) is 0 Å². The first-order valence-electron chi connectivity index (χ1n) is 8.18. The minimum atomic E-state index is -3.20. The van der Waals surface area contributed by atoms with Crippen LogP contribution in [-0.2, 0) is 19.5 Å². The lowest BCUT2D eigenvalue weighted by Gasteiger charge is -2.35. The molecule has 1 unspecified atom stereocenters. The van der Waals surface area contributed by atoms with Crippen LogP contribution in [0.4, 0.5) is 0 Å². The van der Waals surface area contributed by atoms with E-state index in [9.17, 15) is 8.42 Å². The first-order valence-corrected chi connectivity index (χ1v) is 10.9. The molecule has 0 bridgehead atoms. The maximum atomic E-state index is 12.4. The molecule has 0 aliphatic carbocycles. The van der Waals surface area contributed by atoms with Crippen molar-refractivity contribution in [3.8, 4) is 0 Å². The monoisotopic (exact) mass is 508 g/mol. The summed E-state index contributed by atoms with van der Waals surface area (Å²) in [6.45, 7) is 4.14. The van der Waals surface area contributed by atoms with E-state index in [0.717, 1.165) is 18.1 Å². The highest BCUT2D eigenvalue weighted by Crippen LogP contribution is 2.13. The molecule has 11 heteroatoms. The number of nitrogens with zero attached hydrogens (tertiary/aromatic N) is 3. The minimum absolute atomic E-state index is 0. The number of aliphatic imine (C=N–C) groups is 1. The van der Waals surface area contributed by atoms with Crippen LogP contribution in [0.1, 0.15) is 0 Å². The molecule has 148 valence electrons. The van der Waals surface area contributed by atoms with Crippen molar-refractivity contribution in [2.24, 2.45) is 4.99 Å². The van der Waals surface area contributed by atoms with Crippen LogP contribution in [0.3, 0.4) is 0 Å². The summed E-state index contributed by atoms with van der Waals surface area (Å²) >= 11 is 1.80. The maximum absolute atomic E-state index is 12.4. The summed E-state index contributed by atoms with van der Waals surface area (Å²) < 4.78 is 37.1. The molecule has 2 heterocycles. The Morgan fingerprint density at radius 3 is 2.72 bits per heavy atom.